The van der Waals surface area contributed by atoms with Crippen molar-refractivity contribution >= 4 is 0 Å². The average molecular weight is 661 g/mol. The molecule has 0 aliphatic carbocycles. The summed E-state index contributed by atoms with van der Waals surface area (Å²) >= 11 is 0. The zero-order chi connectivity index (χ0) is 34.4. The van der Waals surface area contributed by atoms with E-state index >= 15 is 0 Å². The second kappa shape index (κ2) is 14.0. The van der Waals surface area contributed by atoms with E-state index in [1.165, 1.54) is 0 Å². The summed E-state index contributed by atoms with van der Waals surface area (Å²) in [4.78, 5) is 39.9. The Labute approximate surface area is 296 Å². The van der Waals surface area contributed by atoms with Gasteiger partial charge in [0.2, 0.25) is 0 Å². The molecular formula is C43H32N8. The molecule has 8 aromatic heterocycles. The van der Waals surface area contributed by atoms with Gasteiger partial charge < -0.3 is 0 Å². The van der Waals surface area contributed by atoms with Crippen LogP contribution in [0.1, 0.15) is 56.9 Å². The third-order valence-electron chi connectivity index (χ3n) is 9.04. The van der Waals surface area contributed by atoms with Crippen LogP contribution in [0.25, 0.3) is 0 Å². The predicted octanol–water partition coefficient (Wildman–Crippen LogP) is 7.20. The van der Waals surface area contributed by atoms with Crippen molar-refractivity contribution in [1.82, 2.24) is 39.9 Å². The molecular weight excluding hydrogens is 629 g/mol. The topological polar surface area (TPSA) is 103 Å². The second-order valence-electron chi connectivity index (χ2n) is 12.0. The van der Waals surface area contributed by atoms with Gasteiger partial charge in [-0.1, -0.05) is 48.5 Å². The molecule has 0 aliphatic heterocycles. The van der Waals surface area contributed by atoms with E-state index in [0.29, 0.717) is 6.42 Å². The third kappa shape index (κ3) is 5.72. The van der Waals surface area contributed by atoms with Crippen LogP contribution in [-0.4, -0.2) is 39.9 Å². The van der Waals surface area contributed by atoms with E-state index in [0.717, 1.165) is 56.9 Å². The molecule has 0 N–H and O–H groups in total. The van der Waals surface area contributed by atoms with Crippen molar-refractivity contribution < 1.29 is 0 Å². The minimum atomic E-state index is -0.971. The summed E-state index contributed by atoms with van der Waals surface area (Å²) in [5, 5.41) is 0. The highest BCUT2D eigenvalue weighted by Gasteiger charge is 2.45. The fraction of sp³-hybridized carbons (Fsp3) is 0.0698. The highest BCUT2D eigenvalue weighted by molar-refractivity contribution is 5.53. The Morgan fingerprint density at radius 3 is 0.765 bits per heavy atom. The molecule has 0 unspecified atom stereocenters. The second-order valence-corrected chi connectivity index (χ2v) is 12.0. The lowest BCUT2D eigenvalue weighted by molar-refractivity contribution is 0.634. The SMILES string of the molecule is c1ccc(C(c2ccccn2)(c2ccccn2)c2cccc(Cc3cccc(C(c4ccccn4)(c4ccccn4)c4ccccn4)n3)n2)nc1. The molecule has 0 bridgehead atoms. The number of hydrogen-bond acceptors (Lipinski definition) is 8. The van der Waals surface area contributed by atoms with Gasteiger partial charge in [0.1, 0.15) is 10.8 Å². The molecule has 0 fully saturated rings. The van der Waals surface area contributed by atoms with Crippen molar-refractivity contribution in [1.29, 1.82) is 0 Å². The first-order valence-corrected chi connectivity index (χ1v) is 16.7. The lowest BCUT2D eigenvalue weighted by Crippen LogP contribution is -2.35. The smallest absolute Gasteiger partial charge is 0.138 e. The van der Waals surface area contributed by atoms with Gasteiger partial charge in [0.15, 0.2) is 0 Å². The van der Waals surface area contributed by atoms with Crippen LogP contribution in [0, 0.1) is 0 Å². The van der Waals surface area contributed by atoms with Gasteiger partial charge >= 0.3 is 0 Å². The fourth-order valence-corrected chi connectivity index (χ4v) is 6.84. The van der Waals surface area contributed by atoms with Crippen molar-refractivity contribution in [3.63, 3.8) is 0 Å². The lowest BCUT2D eigenvalue weighted by atomic mass is 9.73. The molecule has 51 heavy (non-hydrogen) atoms. The molecule has 0 aromatic carbocycles. The maximum absolute atomic E-state index is 5.34. The van der Waals surface area contributed by atoms with Gasteiger partial charge in [0, 0.05) is 55.0 Å². The van der Waals surface area contributed by atoms with Crippen molar-refractivity contribution in [2.24, 2.45) is 0 Å². The van der Waals surface area contributed by atoms with Gasteiger partial charge in [-0.3, -0.25) is 39.9 Å². The molecule has 8 heterocycles. The van der Waals surface area contributed by atoms with Crippen molar-refractivity contribution in [2.75, 3.05) is 0 Å². The zero-order valence-electron chi connectivity index (χ0n) is 27.6. The maximum Gasteiger partial charge on any atom is 0.138 e. The van der Waals surface area contributed by atoms with Gasteiger partial charge in [-0.2, -0.15) is 0 Å². The lowest BCUT2D eigenvalue weighted by Gasteiger charge is -2.32. The summed E-state index contributed by atoms with van der Waals surface area (Å²) in [6.45, 7) is 0. The number of rotatable bonds is 10. The zero-order valence-corrected chi connectivity index (χ0v) is 27.6. The molecule has 0 radical (unpaired) electrons. The molecule has 0 saturated heterocycles. The monoisotopic (exact) mass is 660 g/mol. The van der Waals surface area contributed by atoms with Crippen LogP contribution >= 0.6 is 0 Å². The molecule has 8 aromatic rings. The highest BCUT2D eigenvalue weighted by Crippen LogP contribution is 2.43. The van der Waals surface area contributed by atoms with E-state index in [2.05, 4.69) is 0 Å². The molecule has 0 amide bonds. The molecule has 8 rings (SSSR count). The van der Waals surface area contributed by atoms with Crippen LogP contribution in [0.15, 0.2) is 183 Å². The number of hydrogen-bond donors (Lipinski definition) is 0. The molecule has 0 aliphatic rings. The van der Waals surface area contributed by atoms with Crippen LogP contribution in [0.5, 0.6) is 0 Å². The normalized spacial score (nSPS) is 11.6. The van der Waals surface area contributed by atoms with Crippen molar-refractivity contribution in [3.8, 4) is 0 Å². The number of aromatic nitrogens is 8. The molecule has 8 heteroatoms. The summed E-state index contributed by atoms with van der Waals surface area (Å²) in [7, 11) is 0. The molecule has 0 atom stereocenters. The Morgan fingerprint density at radius 1 is 0.275 bits per heavy atom. The van der Waals surface area contributed by atoms with Crippen LogP contribution < -0.4 is 0 Å². The van der Waals surface area contributed by atoms with Gasteiger partial charge in [-0.25, -0.2) is 0 Å². The molecule has 0 saturated carbocycles. The van der Waals surface area contributed by atoms with E-state index in [1.807, 2.05) is 146 Å². The van der Waals surface area contributed by atoms with Crippen LogP contribution in [0.3, 0.4) is 0 Å². The van der Waals surface area contributed by atoms with Crippen LogP contribution in [-0.2, 0) is 17.3 Å². The summed E-state index contributed by atoms with van der Waals surface area (Å²) < 4.78 is 0. The van der Waals surface area contributed by atoms with Gasteiger partial charge in [0.05, 0.1) is 45.6 Å². The summed E-state index contributed by atoms with van der Waals surface area (Å²) in [5.41, 5.74) is 5.91. The van der Waals surface area contributed by atoms with Gasteiger partial charge in [-0.05, 0) is 97.1 Å². The summed E-state index contributed by atoms with van der Waals surface area (Å²) in [6, 6.07) is 47.6. The first-order chi connectivity index (χ1) is 25.3. The maximum atomic E-state index is 5.34. The quantitative estimate of drug-likeness (QED) is 0.152. The molecule has 0 spiro atoms. The summed E-state index contributed by atoms with van der Waals surface area (Å²) in [5.74, 6) is 0. The largest absolute Gasteiger partial charge is 0.259 e. The van der Waals surface area contributed by atoms with Crippen LogP contribution in [0.2, 0.25) is 0 Å². The Kier molecular flexibility index (Phi) is 8.62. The Hall–Kier alpha value is -6.80. The fourth-order valence-electron chi connectivity index (χ4n) is 6.84. The first-order valence-electron chi connectivity index (χ1n) is 16.7. The minimum Gasteiger partial charge on any atom is -0.259 e. The Morgan fingerprint density at radius 2 is 0.529 bits per heavy atom. The van der Waals surface area contributed by atoms with E-state index in [4.69, 9.17) is 39.9 Å². The first kappa shape index (κ1) is 31.5. The van der Waals surface area contributed by atoms with E-state index in [1.54, 1.807) is 37.2 Å². The van der Waals surface area contributed by atoms with Gasteiger partial charge in [-0.15, -0.1) is 0 Å². The Balaban J connectivity index is 1.28. The summed E-state index contributed by atoms with van der Waals surface area (Å²) in [6.07, 6.45) is 11.3. The van der Waals surface area contributed by atoms with E-state index in [-0.39, 0.29) is 0 Å². The highest BCUT2D eigenvalue weighted by atomic mass is 14.9. The molecule has 8 nitrogen and oxygen atoms in total. The number of nitrogens with zero attached hydrogens (tertiary/aromatic N) is 8. The predicted molar refractivity (Wildman–Crippen MR) is 195 cm³/mol. The van der Waals surface area contributed by atoms with Gasteiger partial charge in [0.25, 0.3) is 0 Å². The van der Waals surface area contributed by atoms with Crippen molar-refractivity contribution in [3.05, 3.63) is 240 Å². The number of pyridine rings is 8. The average Bonchev–Trinajstić information content (AvgIpc) is 3.21. The third-order valence-corrected chi connectivity index (χ3v) is 9.04. The van der Waals surface area contributed by atoms with Crippen LogP contribution in [0.4, 0.5) is 0 Å². The van der Waals surface area contributed by atoms with E-state index in [9.17, 15) is 0 Å². The molecule has 244 valence electrons. The van der Waals surface area contributed by atoms with E-state index < -0.39 is 10.8 Å². The Bertz CT molecular complexity index is 1960. The minimum absolute atomic E-state index is 0.465. The standard InChI is InChI=1S/C43H32N8/c1-7-25-44-34(17-1)42(35-18-2-8-26-45-35,36-19-3-9-27-46-36)40-23-13-15-32(50-40)31-33-16-14-24-41(51-33)43(37-20-4-10-28-47-37,38-21-5-11-29-48-38)39-22-6-12-30-49-39/h1-30H,31H2. The van der Waals surface area contributed by atoms with Crippen molar-refractivity contribution in [2.45, 2.75) is 17.3 Å².